The van der Waals surface area contributed by atoms with E-state index in [1.165, 1.54) is 0 Å². The molecule has 30 heavy (non-hydrogen) atoms. The fourth-order valence-corrected chi connectivity index (χ4v) is 1.83. The van der Waals surface area contributed by atoms with Gasteiger partial charge in [0.05, 0.1) is 6.61 Å². The Morgan fingerprint density at radius 2 is 1.67 bits per heavy atom. The highest BCUT2D eigenvalue weighted by Gasteiger charge is 2.23. The number of carbonyl (C=O) groups is 5. The van der Waals surface area contributed by atoms with Gasteiger partial charge >= 0.3 is 11.9 Å². The SMILES string of the molecule is N[C@@H](CCC(=O)N[C@@H](CS)C(=O)NCC(=O)O)C(=O)O.O=C[C@H](O)[C@@H](O)[C@H](O)CO. The van der Waals surface area contributed by atoms with Crippen LogP contribution in [0.4, 0.5) is 0 Å². The van der Waals surface area contributed by atoms with Gasteiger partial charge in [-0.25, -0.2) is 0 Å². The summed E-state index contributed by atoms with van der Waals surface area (Å²) in [4.78, 5) is 53.5. The molecule has 10 N–H and O–H groups in total. The first-order valence-electron chi connectivity index (χ1n) is 8.39. The third-order valence-electron chi connectivity index (χ3n) is 3.32. The summed E-state index contributed by atoms with van der Waals surface area (Å²) in [5.74, 6) is -3.70. The molecule has 0 rings (SSSR count). The minimum absolute atomic E-state index is 0.0256. The average Bonchev–Trinajstić information content (AvgIpc) is 2.72. The summed E-state index contributed by atoms with van der Waals surface area (Å²) in [5.41, 5.74) is 5.23. The molecule has 0 aromatic rings. The Kier molecular flexibility index (Phi) is 16.4. The maximum absolute atomic E-state index is 11.5. The van der Waals surface area contributed by atoms with Crippen LogP contribution in [0.1, 0.15) is 12.8 Å². The van der Waals surface area contributed by atoms with Crippen LogP contribution in [0.25, 0.3) is 0 Å². The Labute approximate surface area is 176 Å². The first-order valence-corrected chi connectivity index (χ1v) is 9.02. The molecule has 0 fully saturated rings. The van der Waals surface area contributed by atoms with Crippen molar-refractivity contribution in [2.75, 3.05) is 18.9 Å². The summed E-state index contributed by atoms with van der Waals surface area (Å²) < 4.78 is 0. The summed E-state index contributed by atoms with van der Waals surface area (Å²) in [6.45, 7) is -1.26. The van der Waals surface area contributed by atoms with E-state index in [9.17, 15) is 24.0 Å². The van der Waals surface area contributed by atoms with Crippen LogP contribution < -0.4 is 16.4 Å². The largest absolute Gasteiger partial charge is 0.480 e. The van der Waals surface area contributed by atoms with Crippen LogP contribution in [0.15, 0.2) is 0 Å². The molecule has 0 aliphatic carbocycles. The number of carbonyl (C=O) groups excluding carboxylic acids is 3. The third-order valence-corrected chi connectivity index (χ3v) is 3.68. The zero-order valence-corrected chi connectivity index (χ0v) is 16.6. The number of aldehydes is 1. The van der Waals surface area contributed by atoms with Crippen molar-refractivity contribution in [3.05, 3.63) is 0 Å². The maximum Gasteiger partial charge on any atom is 0.322 e. The zero-order valence-electron chi connectivity index (χ0n) is 15.7. The van der Waals surface area contributed by atoms with Gasteiger partial charge in [-0.2, -0.15) is 12.6 Å². The zero-order chi connectivity index (χ0) is 23.9. The van der Waals surface area contributed by atoms with Crippen molar-refractivity contribution in [1.29, 1.82) is 0 Å². The van der Waals surface area contributed by atoms with Crippen LogP contribution in [0, 0.1) is 0 Å². The van der Waals surface area contributed by atoms with Crippen LogP contribution in [0.2, 0.25) is 0 Å². The maximum atomic E-state index is 11.5. The van der Waals surface area contributed by atoms with E-state index in [-0.39, 0.29) is 24.9 Å². The minimum atomic E-state index is -1.64. The molecule has 0 aliphatic heterocycles. The lowest BCUT2D eigenvalue weighted by atomic mass is 10.1. The molecule has 2 amide bonds. The Morgan fingerprint density at radius 1 is 1.10 bits per heavy atom. The van der Waals surface area contributed by atoms with Gasteiger partial charge in [0.25, 0.3) is 0 Å². The van der Waals surface area contributed by atoms with Crippen molar-refractivity contribution in [3.63, 3.8) is 0 Å². The average molecular weight is 457 g/mol. The van der Waals surface area contributed by atoms with E-state index in [0.29, 0.717) is 0 Å². The highest BCUT2D eigenvalue weighted by Crippen LogP contribution is 1.97. The lowest BCUT2D eigenvalue weighted by Gasteiger charge is -2.16. The van der Waals surface area contributed by atoms with Gasteiger partial charge in [-0.3, -0.25) is 19.2 Å². The van der Waals surface area contributed by atoms with Crippen molar-refractivity contribution in [2.24, 2.45) is 5.73 Å². The number of carboxylic acids is 2. The van der Waals surface area contributed by atoms with Crippen LogP contribution >= 0.6 is 12.6 Å². The molecule has 5 atom stereocenters. The molecule has 0 saturated carbocycles. The Morgan fingerprint density at radius 3 is 2.07 bits per heavy atom. The number of hydrogen-bond acceptors (Lipinski definition) is 11. The number of aliphatic carboxylic acids is 2. The first-order chi connectivity index (χ1) is 13.9. The summed E-state index contributed by atoms with van der Waals surface area (Å²) in [6.07, 6.45) is -4.87. The predicted molar refractivity (Wildman–Crippen MR) is 102 cm³/mol. The van der Waals surface area contributed by atoms with Crippen molar-refractivity contribution in [2.45, 2.75) is 43.2 Å². The fraction of sp³-hybridized carbons (Fsp3) is 0.667. The number of aliphatic hydroxyl groups is 4. The number of nitrogens with two attached hydrogens (primary N) is 1. The van der Waals surface area contributed by atoms with Gasteiger partial charge in [-0.1, -0.05) is 0 Å². The molecule has 15 heteroatoms. The summed E-state index contributed by atoms with van der Waals surface area (Å²) >= 11 is 3.87. The smallest absolute Gasteiger partial charge is 0.322 e. The molecular weight excluding hydrogens is 430 g/mol. The van der Waals surface area contributed by atoms with Crippen molar-refractivity contribution < 1.29 is 54.6 Å². The molecule has 0 radical (unpaired) electrons. The van der Waals surface area contributed by atoms with Crippen LogP contribution in [-0.4, -0.2) is 110 Å². The monoisotopic (exact) mass is 457 g/mol. The molecule has 0 aliphatic rings. The highest BCUT2D eigenvalue weighted by atomic mass is 32.1. The highest BCUT2D eigenvalue weighted by molar-refractivity contribution is 7.80. The molecule has 0 bridgehead atoms. The Balaban J connectivity index is 0. The molecule has 14 nitrogen and oxygen atoms in total. The van der Waals surface area contributed by atoms with Crippen molar-refractivity contribution in [1.82, 2.24) is 10.6 Å². The van der Waals surface area contributed by atoms with E-state index in [1.807, 2.05) is 0 Å². The molecule has 0 saturated heterocycles. The van der Waals surface area contributed by atoms with Gasteiger partial charge < -0.3 is 51.8 Å². The van der Waals surface area contributed by atoms with Gasteiger partial charge in [-0.15, -0.1) is 0 Å². The summed E-state index contributed by atoms with van der Waals surface area (Å²) in [5, 5.41) is 55.4. The molecule has 174 valence electrons. The van der Waals surface area contributed by atoms with Crippen molar-refractivity contribution >= 4 is 42.7 Å². The number of rotatable bonds is 13. The third kappa shape index (κ3) is 13.8. The normalized spacial score (nSPS) is 15.3. The van der Waals surface area contributed by atoms with Crippen molar-refractivity contribution in [3.8, 4) is 0 Å². The second kappa shape index (κ2) is 16.5. The second-order valence-electron chi connectivity index (χ2n) is 5.76. The molecule has 0 unspecified atom stereocenters. The van der Waals surface area contributed by atoms with Gasteiger partial charge in [-0.05, 0) is 6.42 Å². The predicted octanol–water partition coefficient (Wildman–Crippen LogP) is -4.95. The van der Waals surface area contributed by atoms with Crippen LogP contribution in [0.3, 0.4) is 0 Å². The first kappa shape index (κ1) is 29.9. The van der Waals surface area contributed by atoms with E-state index in [1.54, 1.807) is 0 Å². The lowest BCUT2D eigenvalue weighted by molar-refractivity contribution is -0.139. The molecule has 0 heterocycles. The van der Waals surface area contributed by atoms with Crippen LogP contribution in [0.5, 0.6) is 0 Å². The number of amides is 2. The fourth-order valence-electron chi connectivity index (χ4n) is 1.57. The number of carboxylic acid groups (broad SMARTS) is 2. The quantitative estimate of drug-likeness (QED) is 0.0921. The van der Waals surface area contributed by atoms with E-state index < -0.39 is 67.3 Å². The van der Waals surface area contributed by atoms with Crippen LogP contribution in [-0.2, 0) is 24.0 Å². The summed E-state index contributed by atoms with van der Waals surface area (Å²) in [7, 11) is 0. The number of hydrogen-bond donors (Lipinski definition) is 10. The molecule has 0 aromatic carbocycles. The molecule has 0 spiro atoms. The number of thiol groups is 1. The Hall–Kier alpha value is -2.30. The minimum Gasteiger partial charge on any atom is -0.480 e. The second-order valence-corrected chi connectivity index (χ2v) is 6.13. The van der Waals surface area contributed by atoms with E-state index in [2.05, 4.69) is 23.3 Å². The van der Waals surface area contributed by atoms with Gasteiger partial charge in [0.2, 0.25) is 11.8 Å². The summed E-state index contributed by atoms with van der Waals surface area (Å²) in [6, 6.07) is -2.15. The van der Waals surface area contributed by atoms with E-state index in [4.69, 9.17) is 36.4 Å². The van der Waals surface area contributed by atoms with Gasteiger partial charge in [0.1, 0.15) is 36.9 Å². The number of nitrogens with one attached hydrogen (secondary N) is 2. The number of aliphatic hydroxyl groups excluding tert-OH is 4. The molecular formula is C15H27N3O11S. The lowest BCUT2D eigenvalue weighted by Crippen LogP contribution is -2.49. The topological polar surface area (TPSA) is 257 Å². The van der Waals surface area contributed by atoms with E-state index >= 15 is 0 Å². The Bertz CT molecular complexity index is 578. The molecule has 0 aromatic heterocycles. The van der Waals surface area contributed by atoms with E-state index in [0.717, 1.165) is 0 Å². The standard InChI is InChI=1S/C10H17N3O6S.C5H10O5/c11-5(10(18)19)1-2-7(14)13-6(4-20)9(17)12-3-8(15)16;6-1-3(8)5(10)4(9)2-7/h5-6,20H,1-4,11H2,(H,12,17)(H,13,14)(H,15,16)(H,18,19);1,3-5,7-10H,2H2/t5-,6-;3-,4+,5+/m00/s1. The van der Waals surface area contributed by atoms with Gasteiger partial charge in [0.15, 0.2) is 6.29 Å². The van der Waals surface area contributed by atoms with Gasteiger partial charge in [0, 0.05) is 12.2 Å².